The third-order valence-corrected chi connectivity index (χ3v) is 11.7. The highest BCUT2D eigenvalue weighted by Gasteiger charge is 2.47. The molecule has 0 bridgehead atoms. The molecule has 1 heterocycles. The maximum Gasteiger partial charge on any atom is 0.309 e. The summed E-state index contributed by atoms with van der Waals surface area (Å²) in [6.45, 7) is 7.93. The molecule has 0 aromatic rings. The minimum atomic E-state index is -1.54. The molecule has 64 heavy (non-hydrogen) atoms. The topological polar surface area (TPSA) is 248 Å². The van der Waals surface area contributed by atoms with E-state index in [-0.39, 0.29) is 31.7 Å². The van der Waals surface area contributed by atoms with E-state index in [0.29, 0.717) is 6.42 Å². The van der Waals surface area contributed by atoms with E-state index >= 15 is 0 Å². The Labute approximate surface area is 387 Å². The van der Waals surface area contributed by atoms with Gasteiger partial charge in [0.25, 0.3) is 0 Å². The molecule has 1 aliphatic heterocycles. The van der Waals surface area contributed by atoms with Crippen LogP contribution in [0.25, 0.3) is 0 Å². The number of nitrogens with one attached hydrogen (secondary N) is 3. The number of unbranched alkanes of at least 4 members (excludes halogenated alkanes) is 16. The molecule has 1 fully saturated rings. The minimum absolute atomic E-state index is 0.117. The number of primary amides is 1. The van der Waals surface area contributed by atoms with Gasteiger partial charge in [0.15, 0.2) is 0 Å². The lowest BCUT2D eigenvalue weighted by Gasteiger charge is -2.43. The van der Waals surface area contributed by atoms with Gasteiger partial charge in [-0.25, -0.2) is 0 Å². The van der Waals surface area contributed by atoms with Crippen LogP contribution < -0.4 is 21.7 Å². The Hall–Kier alpha value is -3.48. The van der Waals surface area contributed by atoms with Crippen molar-refractivity contribution in [3.8, 4) is 0 Å². The van der Waals surface area contributed by atoms with E-state index in [4.69, 9.17) is 24.7 Å². The molecular formula is C46H82N4O13S. The van der Waals surface area contributed by atoms with Gasteiger partial charge in [-0.15, -0.1) is 12.6 Å². The van der Waals surface area contributed by atoms with Crippen LogP contribution in [0, 0.1) is 0 Å². The molecule has 0 spiro atoms. The number of methoxy groups -OCH3 is 1. The van der Waals surface area contributed by atoms with Gasteiger partial charge in [0.05, 0.1) is 19.6 Å². The maximum absolute atomic E-state index is 13.3. The number of carbonyl (C=O) groups is 7. The summed E-state index contributed by atoms with van der Waals surface area (Å²) in [6, 6.07) is -3.45. The number of hydrogen-bond donors (Lipinski definition) is 6. The van der Waals surface area contributed by atoms with Crippen molar-refractivity contribution in [2.24, 2.45) is 5.73 Å². The first-order valence-electron chi connectivity index (χ1n) is 23.8. The Kier molecular flexibility index (Phi) is 31.8. The summed E-state index contributed by atoms with van der Waals surface area (Å²) in [6.07, 6.45) is 14.4. The van der Waals surface area contributed by atoms with Gasteiger partial charge < -0.3 is 50.5 Å². The molecule has 0 radical (unpaired) electrons. The Morgan fingerprint density at radius 3 is 1.80 bits per heavy atom. The number of carbonyl (C=O) groups excluding carboxylic acids is 7. The first-order valence-corrected chi connectivity index (χ1v) is 24.3. The molecule has 18 heteroatoms. The maximum atomic E-state index is 13.3. The number of rotatable bonds is 36. The average molecular weight is 931 g/mol. The average Bonchev–Trinajstić information content (AvgIpc) is 3.24. The quantitative estimate of drug-likeness (QED) is 0.0200. The van der Waals surface area contributed by atoms with Gasteiger partial charge in [0, 0.05) is 19.8 Å². The van der Waals surface area contributed by atoms with Crippen LogP contribution in [0.2, 0.25) is 0 Å². The van der Waals surface area contributed by atoms with Crippen LogP contribution in [0.5, 0.6) is 0 Å². The Balaban J connectivity index is 2.89. The first kappa shape index (κ1) is 58.5. The number of esters is 3. The minimum Gasteiger partial charge on any atom is -0.469 e. The highest BCUT2D eigenvalue weighted by molar-refractivity contribution is 7.80. The summed E-state index contributed by atoms with van der Waals surface area (Å²) >= 11 is 4.47. The van der Waals surface area contributed by atoms with Gasteiger partial charge in [-0.2, -0.15) is 0 Å². The highest BCUT2D eigenvalue weighted by atomic mass is 32.1. The van der Waals surface area contributed by atoms with E-state index in [9.17, 15) is 38.7 Å². The van der Waals surface area contributed by atoms with Crippen molar-refractivity contribution < 1.29 is 62.4 Å². The van der Waals surface area contributed by atoms with Gasteiger partial charge in [-0.05, 0) is 39.5 Å². The molecule has 0 aromatic heterocycles. The molecule has 1 rings (SSSR count). The van der Waals surface area contributed by atoms with E-state index in [1.807, 2.05) is 0 Å². The molecule has 6 N–H and O–H groups in total. The van der Waals surface area contributed by atoms with E-state index < -0.39 is 96.3 Å². The second kappa shape index (κ2) is 34.8. The predicted molar refractivity (Wildman–Crippen MR) is 245 cm³/mol. The molecule has 0 aromatic carbocycles. The second-order valence-electron chi connectivity index (χ2n) is 17.0. The molecule has 1 aliphatic rings. The Morgan fingerprint density at radius 2 is 1.27 bits per heavy atom. The Bertz CT molecular complexity index is 1390. The number of thiol groups is 1. The zero-order valence-corrected chi connectivity index (χ0v) is 40.4. The number of amides is 4. The summed E-state index contributed by atoms with van der Waals surface area (Å²) in [5.74, 6) is -4.53. The van der Waals surface area contributed by atoms with Crippen LogP contribution in [-0.2, 0) is 57.2 Å². The molecule has 370 valence electrons. The number of aliphatic hydroxyl groups is 1. The molecule has 9 atom stereocenters. The lowest BCUT2D eigenvalue weighted by Crippen LogP contribution is -2.64. The molecular weight excluding hydrogens is 849 g/mol. The fourth-order valence-corrected chi connectivity index (χ4v) is 7.79. The van der Waals surface area contributed by atoms with Crippen LogP contribution in [0.15, 0.2) is 0 Å². The van der Waals surface area contributed by atoms with Gasteiger partial charge in [-0.1, -0.05) is 117 Å². The third-order valence-electron chi connectivity index (χ3n) is 11.3. The van der Waals surface area contributed by atoms with Crippen LogP contribution in [0.3, 0.4) is 0 Å². The number of hydrogen-bond acceptors (Lipinski definition) is 14. The van der Waals surface area contributed by atoms with Gasteiger partial charge in [-0.3, -0.25) is 33.6 Å². The number of aliphatic hydroxyl groups excluding tert-OH is 1. The van der Waals surface area contributed by atoms with Crippen molar-refractivity contribution in [2.45, 2.75) is 236 Å². The fraction of sp³-hybridized carbons (Fsp3) is 0.848. The molecule has 0 aliphatic carbocycles. The van der Waals surface area contributed by atoms with Crippen molar-refractivity contribution in [3.05, 3.63) is 0 Å². The molecule has 17 nitrogen and oxygen atoms in total. The highest BCUT2D eigenvalue weighted by Crippen LogP contribution is 2.28. The normalized spacial score (nSPS) is 20.2. The fourth-order valence-electron chi connectivity index (χ4n) is 7.39. The van der Waals surface area contributed by atoms with E-state index in [1.165, 1.54) is 92.1 Å². The van der Waals surface area contributed by atoms with E-state index in [2.05, 4.69) is 47.2 Å². The predicted octanol–water partition coefficient (Wildman–Crippen LogP) is 5.40. The van der Waals surface area contributed by atoms with Crippen LogP contribution in [0.4, 0.5) is 0 Å². The smallest absolute Gasteiger partial charge is 0.309 e. The van der Waals surface area contributed by atoms with E-state index in [0.717, 1.165) is 51.4 Å². The van der Waals surface area contributed by atoms with Crippen LogP contribution in [-0.4, -0.2) is 114 Å². The lowest BCUT2D eigenvalue weighted by molar-refractivity contribution is -0.204. The molecule has 1 saturated heterocycles. The third kappa shape index (κ3) is 25.9. The molecule has 0 saturated carbocycles. The summed E-state index contributed by atoms with van der Waals surface area (Å²) in [4.78, 5) is 87.8. The largest absolute Gasteiger partial charge is 0.469 e. The zero-order chi connectivity index (χ0) is 47.9. The first-order chi connectivity index (χ1) is 30.5. The van der Waals surface area contributed by atoms with Crippen molar-refractivity contribution in [1.29, 1.82) is 0 Å². The van der Waals surface area contributed by atoms with Gasteiger partial charge in [0.1, 0.15) is 54.6 Å². The van der Waals surface area contributed by atoms with Crippen molar-refractivity contribution in [1.82, 2.24) is 16.0 Å². The van der Waals surface area contributed by atoms with Crippen LogP contribution >= 0.6 is 12.6 Å². The summed E-state index contributed by atoms with van der Waals surface area (Å²) in [5, 5.41) is 19.0. The summed E-state index contributed by atoms with van der Waals surface area (Å²) in [7, 11) is 1.18. The monoisotopic (exact) mass is 931 g/mol. The molecule has 4 amide bonds. The number of nitrogens with two attached hydrogens (primary N) is 1. The number of ether oxygens (including phenoxy) is 5. The SMILES string of the molecule is CCCCCCCCCCCC(=O)O[C@H](CCCCCCCCCCC)CC(=O)OC[C@H]1O[C@@H](S)[C@H](NC(C)=O)[C@H](OC(C)C(=O)N[C@@H](C)C(=O)N[C@H](CCC(=O)OC)C(N)=O)[C@@H]1O. The summed E-state index contributed by atoms with van der Waals surface area (Å²) < 4.78 is 27.8. The van der Waals surface area contributed by atoms with Crippen LogP contribution in [0.1, 0.15) is 182 Å². The summed E-state index contributed by atoms with van der Waals surface area (Å²) in [5.41, 5.74) is 4.31. The zero-order valence-electron chi connectivity index (χ0n) is 39.5. The van der Waals surface area contributed by atoms with Gasteiger partial charge in [0.2, 0.25) is 23.6 Å². The lowest BCUT2D eigenvalue weighted by atomic mass is 9.97. The second-order valence-corrected chi connectivity index (χ2v) is 17.5. The van der Waals surface area contributed by atoms with Gasteiger partial charge >= 0.3 is 17.9 Å². The van der Waals surface area contributed by atoms with Crippen molar-refractivity contribution in [3.63, 3.8) is 0 Å². The molecule has 1 unspecified atom stereocenters. The van der Waals surface area contributed by atoms with E-state index in [1.54, 1.807) is 0 Å². The van der Waals surface area contributed by atoms with Crippen molar-refractivity contribution >= 4 is 54.2 Å². The van der Waals surface area contributed by atoms with Crippen molar-refractivity contribution in [2.75, 3.05) is 13.7 Å². The standard InChI is InChI=1S/C46H82N4O13S/c1-7-9-11-13-15-17-19-21-23-25-34(62-38(53)26-24-22-20-18-16-14-12-10-8-2)29-39(54)60-30-36-41(55)42(40(46(64)63-36)49-33(5)51)61-32(4)45(58)48-31(3)44(57)50-35(43(47)56)27-28-37(52)59-6/h31-32,34-36,40-42,46,55,64H,7-30H2,1-6H3,(H2,47,56)(H,48,58)(H,49,51)(H,50,57)/t31-,32?,34+,35+,36+,40+,41+,42-,46-/m0/s1. The Morgan fingerprint density at radius 1 is 0.719 bits per heavy atom.